The molecule has 9 nitrogen and oxygen atoms in total. The van der Waals surface area contributed by atoms with Gasteiger partial charge in [0.2, 0.25) is 0 Å². The Kier molecular flexibility index (Phi) is 8.22. The summed E-state index contributed by atoms with van der Waals surface area (Å²) >= 11 is 5.98. The van der Waals surface area contributed by atoms with E-state index in [2.05, 4.69) is 0 Å². The molecule has 0 saturated carbocycles. The van der Waals surface area contributed by atoms with E-state index in [0.717, 1.165) is 10.0 Å². The van der Waals surface area contributed by atoms with Crippen molar-refractivity contribution in [1.29, 1.82) is 0 Å². The minimum atomic E-state index is -0.690. The summed E-state index contributed by atoms with van der Waals surface area (Å²) in [4.78, 5) is 66.6. The Morgan fingerprint density at radius 2 is 1.60 bits per heavy atom. The van der Waals surface area contributed by atoms with Gasteiger partial charge in [0.1, 0.15) is 18.0 Å². The number of methoxy groups -OCH3 is 1. The molecule has 3 amide bonds. The van der Waals surface area contributed by atoms with Gasteiger partial charge >= 0.3 is 5.97 Å². The van der Waals surface area contributed by atoms with Crippen LogP contribution in [0, 0.1) is 17.8 Å². The number of Topliss-reactive ketones (excluding diaryl/α,β-unsaturated/α-hetero) is 1. The van der Waals surface area contributed by atoms with Gasteiger partial charge in [-0.15, -0.1) is 0 Å². The van der Waals surface area contributed by atoms with Crippen LogP contribution in [0.2, 0.25) is 5.02 Å². The normalized spacial score (nSPS) is 19.3. The summed E-state index contributed by atoms with van der Waals surface area (Å²) in [5, 5.41) is 2.15. The molecule has 5 rings (SSSR count). The number of nitrogens with zero attached hydrogens (tertiary/aromatic N) is 2. The highest BCUT2D eigenvalue weighted by atomic mass is 35.5. The molecule has 10 heteroatoms. The van der Waals surface area contributed by atoms with E-state index in [9.17, 15) is 24.0 Å². The second-order valence-corrected chi connectivity index (χ2v) is 10.5. The topological polar surface area (TPSA) is 110 Å². The highest BCUT2D eigenvalue weighted by Crippen LogP contribution is 2.39. The summed E-state index contributed by atoms with van der Waals surface area (Å²) in [5.41, 5.74) is 0.640. The number of esters is 1. The highest BCUT2D eigenvalue weighted by molar-refractivity contribution is 6.30. The number of ketones is 1. The molecule has 2 aliphatic rings. The van der Waals surface area contributed by atoms with Crippen molar-refractivity contribution < 1.29 is 33.4 Å². The number of carbonyl (C=O) groups is 5. The quantitative estimate of drug-likeness (QED) is 0.120. The predicted octanol–water partition coefficient (Wildman–Crippen LogP) is 5.01. The van der Waals surface area contributed by atoms with Crippen LogP contribution in [0.15, 0.2) is 84.9 Å². The average Bonchev–Trinajstić information content (AvgIpc) is 3.26. The van der Waals surface area contributed by atoms with Crippen molar-refractivity contribution in [1.82, 2.24) is 10.0 Å². The van der Waals surface area contributed by atoms with Gasteiger partial charge in [0.25, 0.3) is 17.7 Å². The fourth-order valence-corrected chi connectivity index (χ4v) is 5.32. The van der Waals surface area contributed by atoms with Crippen molar-refractivity contribution in [2.75, 3.05) is 13.7 Å². The first-order valence-corrected chi connectivity index (χ1v) is 13.7. The van der Waals surface area contributed by atoms with E-state index in [1.807, 2.05) is 19.1 Å². The molecule has 1 heterocycles. The van der Waals surface area contributed by atoms with Crippen molar-refractivity contribution in [3.05, 3.63) is 107 Å². The Morgan fingerprint density at radius 1 is 0.905 bits per heavy atom. The van der Waals surface area contributed by atoms with E-state index < -0.39 is 47.9 Å². The minimum Gasteiger partial charge on any atom is -0.497 e. The van der Waals surface area contributed by atoms with Crippen molar-refractivity contribution in [2.45, 2.75) is 13.3 Å². The van der Waals surface area contributed by atoms with Crippen LogP contribution in [0.25, 0.3) is 0 Å². The zero-order valence-corrected chi connectivity index (χ0v) is 23.6. The number of halogens is 1. The van der Waals surface area contributed by atoms with Crippen LogP contribution in [0.3, 0.4) is 0 Å². The molecule has 214 valence electrons. The van der Waals surface area contributed by atoms with E-state index in [0.29, 0.717) is 17.2 Å². The molecule has 3 atom stereocenters. The molecule has 1 aliphatic carbocycles. The molecule has 42 heavy (non-hydrogen) atoms. The lowest BCUT2D eigenvalue weighted by Crippen LogP contribution is -2.52. The van der Waals surface area contributed by atoms with Crippen LogP contribution < -0.4 is 9.47 Å². The maximum atomic E-state index is 13.6. The van der Waals surface area contributed by atoms with Crippen molar-refractivity contribution in [2.24, 2.45) is 17.8 Å². The molecule has 0 spiro atoms. The molecule has 1 saturated heterocycles. The summed E-state index contributed by atoms with van der Waals surface area (Å²) in [6.45, 7) is 1.28. The second-order valence-electron chi connectivity index (χ2n) is 10.1. The fraction of sp³-hybridized carbons (Fsp3) is 0.219. The molecular formula is C32H27ClN2O7. The van der Waals surface area contributed by atoms with E-state index in [4.69, 9.17) is 21.1 Å². The van der Waals surface area contributed by atoms with Crippen molar-refractivity contribution >= 4 is 41.1 Å². The maximum Gasteiger partial charge on any atom is 0.343 e. The molecule has 0 bridgehead atoms. The molecule has 3 aromatic rings. The molecule has 0 aromatic heterocycles. The number of ether oxygens (including phenoxy) is 2. The Balaban J connectivity index is 1.37. The summed E-state index contributed by atoms with van der Waals surface area (Å²) in [6.07, 6.45) is 4.12. The number of fused-ring (bicyclic) bond motifs is 1. The van der Waals surface area contributed by atoms with E-state index in [-0.39, 0.29) is 28.4 Å². The molecule has 1 aliphatic heterocycles. The molecule has 0 radical (unpaired) electrons. The van der Waals surface area contributed by atoms with Gasteiger partial charge in [-0.2, -0.15) is 5.01 Å². The summed E-state index contributed by atoms with van der Waals surface area (Å²) in [7, 11) is 1.49. The van der Waals surface area contributed by atoms with E-state index in [1.165, 1.54) is 55.6 Å². The Bertz CT molecular complexity index is 1580. The van der Waals surface area contributed by atoms with Gasteiger partial charge in [0, 0.05) is 16.1 Å². The van der Waals surface area contributed by atoms with E-state index >= 15 is 0 Å². The number of allylic oxidation sites excluding steroid dienone is 2. The first kappa shape index (κ1) is 28.8. The smallest absolute Gasteiger partial charge is 0.343 e. The molecular weight excluding hydrogens is 560 g/mol. The van der Waals surface area contributed by atoms with Crippen molar-refractivity contribution in [3.63, 3.8) is 0 Å². The summed E-state index contributed by atoms with van der Waals surface area (Å²) in [6, 6.07) is 18.2. The number of imide groups is 1. The van der Waals surface area contributed by atoms with Gasteiger partial charge in [-0.25, -0.2) is 9.80 Å². The Labute approximate surface area is 247 Å². The van der Waals surface area contributed by atoms with Crippen LogP contribution in [-0.4, -0.2) is 53.1 Å². The standard InChI is InChI=1S/C32H27ClN2O7/c1-19-5-3-8-26-28(19)31(39)35(30(26)38)34(29(37)21-9-13-23(33)14-10-21)18-27(36)20-11-15-24(16-12-20)42-32(40)22-6-4-7-25(17-22)41-2/h3-7,9-17,19,26,28H,8,18H2,1-2H3/t19-,26+,28-/m0/s1. The third-order valence-corrected chi connectivity index (χ3v) is 7.65. The average molecular weight is 587 g/mol. The molecule has 3 aromatic carbocycles. The van der Waals surface area contributed by atoms with Crippen LogP contribution in [-0.2, 0) is 9.59 Å². The Morgan fingerprint density at radius 3 is 2.26 bits per heavy atom. The largest absolute Gasteiger partial charge is 0.497 e. The highest BCUT2D eigenvalue weighted by Gasteiger charge is 2.53. The van der Waals surface area contributed by atoms with E-state index in [1.54, 1.807) is 24.3 Å². The number of hydrazine groups is 1. The monoisotopic (exact) mass is 586 g/mol. The first-order valence-electron chi connectivity index (χ1n) is 13.3. The number of hydrogen-bond acceptors (Lipinski definition) is 7. The summed E-state index contributed by atoms with van der Waals surface area (Å²) < 4.78 is 10.5. The van der Waals surface area contributed by atoms with Crippen molar-refractivity contribution in [3.8, 4) is 11.5 Å². The number of rotatable bonds is 8. The van der Waals surface area contributed by atoms with Gasteiger partial charge in [0.15, 0.2) is 5.78 Å². The van der Waals surface area contributed by atoms with Crippen LogP contribution in [0.5, 0.6) is 11.5 Å². The number of benzene rings is 3. The number of carbonyl (C=O) groups excluding carboxylic acids is 5. The van der Waals surface area contributed by atoms with Crippen LogP contribution in [0.1, 0.15) is 44.4 Å². The third kappa shape index (κ3) is 5.69. The van der Waals surface area contributed by atoms with Gasteiger partial charge in [-0.3, -0.25) is 19.2 Å². The van der Waals surface area contributed by atoms with Crippen LogP contribution >= 0.6 is 11.6 Å². The predicted molar refractivity (Wildman–Crippen MR) is 153 cm³/mol. The summed E-state index contributed by atoms with van der Waals surface area (Å²) in [5.74, 6) is -3.57. The van der Waals surface area contributed by atoms with Gasteiger partial charge in [-0.1, -0.05) is 36.7 Å². The van der Waals surface area contributed by atoms with Gasteiger partial charge in [-0.05, 0) is 79.1 Å². The SMILES string of the molecule is COc1cccc(C(=O)Oc2ccc(C(=O)CN(C(=O)c3ccc(Cl)cc3)N3C(=O)[C@H]4[C@@H](C)C=CC[C@H]4C3=O)cc2)c1. The lowest BCUT2D eigenvalue weighted by atomic mass is 9.78. The minimum absolute atomic E-state index is 0.161. The molecule has 0 N–H and O–H groups in total. The lowest BCUT2D eigenvalue weighted by Gasteiger charge is -2.30. The third-order valence-electron chi connectivity index (χ3n) is 7.40. The zero-order chi connectivity index (χ0) is 30.0. The molecule has 0 unspecified atom stereocenters. The van der Waals surface area contributed by atoms with Gasteiger partial charge in [0.05, 0.1) is 24.5 Å². The fourth-order valence-electron chi connectivity index (χ4n) is 5.20. The van der Waals surface area contributed by atoms with Crippen LogP contribution in [0.4, 0.5) is 0 Å². The molecule has 1 fully saturated rings. The second kappa shape index (κ2) is 12.0. The Hall–Kier alpha value is -4.76. The van der Waals surface area contributed by atoms with Gasteiger partial charge < -0.3 is 9.47 Å². The first-order chi connectivity index (χ1) is 20.2. The lowest BCUT2D eigenvalue weighted by molar-refractivity contribution is -0.154. The maximum absolute atomic E-state index is 13.6. The number of hydrogen-bond donors (Lipinski definition) is 0. The number of amides is 3. The zero-order valence-electron chi connectivity index (χ0n) is 22.9.